The van der Waals surface area contributed by atoms with Crippen molar-refractivity contribution in [2.75, 3.05) is 0 Å². The lowest BCUT2D eigenvalue weighted by molar-refractivity contribution is 0.111. The largest absolute Gasteiger partial charge is 0.393 e. The third-order valence-corrected chi connectivity index (χ3v) is 6.72. The zero-order chi connectivity index (χ0) is 21.4. The van der Waals surface area contributed by atoms with Crippen LogP contribution in [0.25, 0.3) is 22.0 Å². The summed E-state index contributed by atoms with van der Waals surface area (Å²) in [5.74, 6) is 0.613. The number of rotatable bonds is 4. The third kappa shape index (κ3) is 3.77. The summed E-state index contributed by atoms with van der Waals surface area (Å²) in [7, 11) is 0. The molecule has 1 fully saturated rings. The second kappa shape index (κ2) is 8.28. The quantitative estimate of drug-likeness (QED) is 0.545. The van der Waals surface area contributed by atoms with Crippen LogP contribution in [0.1, 0.15) is 67.8 Å². The molecule has 1 aliphatic carbocycles. The predicted molar refractivity (Wildman–Crippen MR) is 124 cm³/mol. The van der Waals surface area contributed by atoms with E-state index in [-0.39, 0.29) is 6.10 Å². The van der Waals surface area contributed by atoms with E-state index < -0.39 is 0 Å². The maximum absolute atomic E-state index is 9.98. The van der Waals surface area contributed by atoms with Crippen molar-refractivity contribution in [1.82, 2.24) is 4.57 Å². The van der Waals surface area contributed by atoms with E-state index in [2.05, 4.69) is 67.9 Å². The van der Waals surface area contributed by atoms with Crippen molar-refractivity contribution in [3.8, 4) is 17.2 Å². The number of benzene rings is 2. The number of aliphatic hydroxyl groups excluding tert-OH is 1. The molecule has 3 nitrogen and oxygen atoms in total. The summed E-state index contributed by atoms with van der Waals surface area (Å²) in [5.41, 5.74) is 8.20. The number of aryl methyl sites for hydroxylation is 1. The molecule has 4 rings (SSSR count). The summed E-state index contributed by atoms with van der Waals surface area (Å²) >= 11 is 0. The summed E-state index contributed by atoms with van der Waals surface area (Å²) < 4.78 is 2.42. The molecule has 1 saturated carbocycles. The van der Waals surface area contributed by atoms with Crippen molar-refractivity contribution >= 4 is 10.9 Å². The third-order valence-electron chi connectivity index (χ3n) is 6.72. The fraction of sp³-hybridized carbons (Fsp3) is 0.444. The minimum atomic E-state index is -0.163. The lowest BCUT2D eigenvalue weighted by Crippen LogP contribution is -2.20. The predicted octanol–water partition coefficient (Wildman–Crippen LogP) is 6.47. The average Bonchev–Trinajstić information content (AvgIpc) is 3.07. The molecule has 1 heterocycles. The van der Waals surface area contributed by atoms with Gasteiger partial charge in [0.1, 0.15) is 0 Å². The zero-order valence-corrected chi connectivity index (χ0v) is 18.6. The van der Waals surface area contributed by atoms with Gasteiger partial charge < -0.3 is 9.67 Å². The summed E-state index contributed by atoms with van der Waals surface area (Å²) in [4.78, 5) is 0. The molecule has 1 N–H and O–H groups in total. The highest BCUT2D eigenvalue weighted by Gasteiger charge is 2.24. The molecule has 0 amide bonds. The van der Waals surface area contributed by atoms with Gasteiger partial charge in [-0.3, -0.25) is 0 Å². The monoisotopic (exact) mass is 400 g/mol. The maximum Gasteiger partial charge on any atom is 0.0994 e. The number of nitriles is 1. The molecular formula is C27H32N2O. The molecule has 0 bridgehead atoms. The molecule has 1 aliphatic rings. The van der Waals surface area contributed by atoms with Crippen LogP contribution in [0.5, 0.6) is 0 Å². The molecular weight excluding hydrogens is 368 g/mol. The fourth-order valence-corrected chi connectivity index (χ4v) is 5.01. The first-order valence-electron chi connectivity index (χ1n) is 11.2. The van der Waals surface area contributed by atoms with Crippen LogP contribution in [0.3, 0.4) is 0 Å². The van der Waals surface area contributed by atoms with E-state index in [1.54, 1.807) is 0 Å². The van der Waals surface area contributed by atoms with Crippen molar-refractivity contribution in [1.29, 1.82) is 5.26 Å². The first kappa shape index (κ1) is 20.7. The van der Waals surface area contributed by atoms with Crippen LogP contribution in [0, 0.1) is 31.1 Å². The first-order valence-corrected chi connectivity index (χ1v) is 11.2. The van der Waals surface area contributed by atoms with Gasteiger partial charge in [0.15, 0.2) is 0 Å². The Morgan fingerprint density at radius 1 is 1.10 bits per heavy atom. The van der Waals surface area contributed by atoms with E-state index in [1.807, 2.05) is 6.92 Å². The highest BCUT2D eigenvalue weighted by molar-refractivity contribution is 5.98. The average molecular weight is 401 g/mol. The number of fused-ring (bicyclic) bond motifs is 1. The first-order chi connectivity index (χ1) is 14.4. The highest BCUT2D eigenvalue weighted by atomic mass is 16.3. The van der Waals surface area contributed by atoms with Gasteiger partial charge in [-0.1, -0.05) is 32.0 Å². The molecule has 0 aliphatic heterocycles. The van der Waals surface area contributed by atoms with Crippen LogP contribution >= 0.6 is 0 Å². The minimum Gasteiger partial charge on any atom is -0.393 e. The Kier molecular flexibility index (Phi) is 5.71. The van der Waals surface area contributed by atoms with Crippen molar-refractivity contribution < 1.29 is 5.11 Å². The topological polar surface area (TPSA) is 49.0 Å². The van der Waals surface area contributed by atoms with Gasteiger partial charge in [-0.2, -0.15) is 5.26 Å². The zero-order valence-electron chi connectivity index (χ0n) is 18.6. The van der Waals surface area contributed by atoms with E-state index in [1.165, 1.54) is 27.8 Å². The molecule has 3 heteroatoms. The second-order valence-electron chi connectivity index (χ2n) is 9.40. The molecule has 0 atom stereocenters. The van der Waals surface area contributed by atoms with E-state index in [9.17, 15) is 10.4 Å². The van der Waals surface area contributed by atoms with Gasteiger partial charge in [-0.15, -0.1) is 0 Å². The normalized spacial score (nSPS) is 19.4. The summed E-state index contributed by atoms with van der Waals surface area (Å²) in [5, 5.41) is 20.8. The van der Waals surface area contributed by atoms with Crippen LogP contribution < -0.4 is 0 Å². The van der Waals surface area contributed by atoms with Gasteiger partial charge in [-0.05, 0) is 86.3 Å². The number of nitrogens with zero attached hydrogens (tertiary/aromatic N) is 2. The maximum atomic E-state index is 9.98. The standard InChI is InChI=1S/C27H32N2O/c1-17(2)12-20-6-5-7-24(19(20)4)26-16-29(22-8-10-23(30)11-9-22)27-13-18(3)21(15-28)14-25(26)27/h5-7,13-14,16-17,22-23,30H,8-12H2,1-4H3. The second-order valence-corrected chi connectivity index (χ2v) is 9.40. The van der Waals surface area contributed by atoms with Gasteiger partial charge in [0.05, 0.1) is 17.7 Å². The Morgan fingerprint density at radius 3 is 2.50 bits per heavy atom. The van der Waals surface area contributed by atoms with Crippen LogP contribution in [0.4, 0.5) is 0 Å². The number of aromatic nitrogens is 1. The Balaban J connectivity index is 1.91. The van der Waals surface area contributed by atoms with Crippen LogP contribution in [0.15, 0.2) is 36.5 Å². The molecule has 3 aromatic rings. The van der Waals surface area contributed by atoms with Gasteiger partial charge >= 0.3 is 0 Å². The van der Waals surface area contributed by atoms with Gasteiger partial charge in [0, 0.05) is 28.7 Å². The number of hydrogen-bond donors (Lipinski definition) is 1. The molecule has 0 unspecified atom stereocenters. The SMILES string of the molecule is Cc1cc2c(cc1C#N)c(-c1cccc(CC(C)C)c1C)cn2C1CCC(O)CC1. The van der Waals surface area contributed by atoms with E-state index in [0.717, 1.165) is 48.6 Å². The van der Waals surface area contributed by atoms with E-state index in [4.69, 9.17) is 0 Å². The molecule has 2 aromatic carbocycles. The van der Waals surface area contributed by atoms with E-state index in [0.29, 0.717) is 12.0 Å². The molecule has 1 aromatic heterocycles. The van der Waals surface area contributed by atoms with Gasteiger partial charge in [0.2, 0.25) is 0 Å². The highest BCUT2D eigenvalue weighted by Crippen LogP contribution is 2.39. The Bertz CT molecular complexity index is 1110. The number of aliphatic hydroxyl groups is 1. The molecule has 0 radical (unpaired) electrons. The fourth-order valence-electron chi connectivity index (χ4n) is 5.01. The number of hydrogen-bond acceptors (Lipinski definition) is 2. The lowest BCUT2D eigenvalue weighted by atomic mass is 9.91. The molecule has 156 valence electrons. The Morgan fingerprint density at radius 2 is 1.83 bits per heavy atom. The Hall–Kier alpha value is -2.57. The molecule has 30 heavy (non-hydrogen) atoms. The van der Waals surface area contributed by atoms with Crippen molar-refractivity contribution in [3.63, 3.8) is 0 Å². The van der Waals surface area contributed by atoms with E-state index >= 15 is 0 Å². The van der Waals surface area contributed by atoms with Crippen molar-refractivity contribution in [2.45, 2.75) is 71.9 Å². The minimum absolute atomic E-state index is 0.163. The Labute approximate surface area is 180 Å². The summed E-state index contributed by atoms with van der Waals surface area (Å²) in [6.07, 6.45) is 6.92. The van der Waals surface area contributed by atoms with Crippen LogP contribution in [-0.4, -0.2) is 15.8 Å². The molecule has 0 spiro atoms. The molecule has 0 saturated heterocycles. The smallest absolute Gasteiger partial charge is 0.0994 e. The van der Waals surface area contributed by atoms with Crippen molar-refractivity contribution in [3.05, 3.63) is 58.8 Å². The van der Waals surface area contributed by atoms with Crippen molar-refractivity contribution in [2.24, 2.45) is 5.92 Å². The lowest BCUT2D eigenvalue weighted by Gasteiger charge is -2.27. The van der Waals surface area contributed by atoms with Gasteiger partial charge in [-0.25, -0.2) is 0 Å². The summed E-state index contributed by atoms with van der Waals surface area (Å²) in [6.45, 7) is 8.77. The van der Waals surface area contributed by atoms with Crippen LogP contribution in [0.2, 0.25) is 0 Å². The van der Waals surface area contributed by atoms with Crippen LogP contribution in [-0.2, 0) is 6.42 Å². The summed E-state index contributed by atoms with van der Waals surface area (Å²) in [6, 6.07) is 13.6. The van der Waals surface area contributed by atoms with Gasteiger partial charge in [0.25, 0.3) is 0 Å².